The Morgan fingerprint density at radius 1 is 1.56 bits per heavy atom. The Morgan fingerprint density at radius 3 is 2.75 bits per heavy atom. The standard InChI is InChI=1S/C9H12N2O4S/c1-15-9(12)8-5-7(6-3-2-4-6)10-16(13,14)11-8/h5-6,10H,2-4H2,1H3. The Labute approximate surface area is 93.6 Å². The summed E-state index contributed by atoms with van der Waals surface area (Å²) in [7, 11) is -2.60. The van der Waals surface area contributed by atoms with Crippen molar-refractivity contribution in [3.05, 3.63) is 11.8 Å². The fourth-order valence-electron chi connectivity index (χ4n) is 1.63. The third-order valence-corrected chi connectivity index (χ3v) is 3.63. The second-order valence-electron chi connectivity index (χ2n) is 3.77. The van der Waals surface area contributed by atoms with Gasteiger partial charge in [-0.05, 0) is 24.8 Å². The van der Waals surface area contributed by atoms with E-state index >= 15 is 0 Å². The smallest absolute Gasteiger partial charge is 0.357 e. The average molecular weight is 244 g/mol. The van der Waals surface area contributed by atoms with Crippen molar-refractivity contribution >= 4 is 21.9 Å². The first-order chi connectivity index (χ1) is 7.52. The number of rotatable bonds is 2. The van der Waals surface area contributed by atoms with Gasteiger partial charge in [0.15, 0.2) is 5.71 Å². The number of esters is 1. The summed E-state index contributed by atoms with van der Waals surface area (Å²) in [6.07, 6.45) is 4.40. The molecule has 0 aromatic rings. The lowest BCUT2D eigenvalue weighted by atomic mass is 9.82. The number of nitrogens with zero attached hydrogens (tertiary/aromatic N) is 1. The van der Waals surface area contributed by atoms with Crippen molar-refractivity contribution < 1.29 is 17.9 Å². The Kier molecular flexibility index (Phi) is 2.71. The first kappa shape index (κ1) is 11.1. The molecule has 1 heterocycles. The van der Waals surface area contributed by atoms with E-state index in [1.54, 1.807) is 0 Å². The lowest BCUT2D eigenvalue weighted by Gasteiger charge is -2.29. The summed E-state index contributed by atoms with van der Waals surface area (Å²) < 4.78 is 32.9. The van der Waals surface area contributed by atoms with E-state index in [9.17, 15) is 13.2 Å². The molecule has 6 nitrogen and oxygen atoms in total. The molecule has 0 radical (unpaired) electrons. The maximum absolute atomic E-state index is 11.4. The zero-order chi connectivity index (χ0) is 11.8. The van der Waals surface area contributed by atoms with Crippen LogP contribution in [0.1, 0.15) is 19.3 Å². The van der Waals surface area contributed by atoms with Crippen LogP contribution >= 0.6 is 0 Å². The molecule has 7 heteroatoms. The Bertz CT molecular complexity index is 474. The molecule has 1 saturated carbocycles. The summed E-state index contributed by atoms with van der Waals surface area (Å²) in [4.78, 5) is 11.2. The number of hydrogen-bond acceptors (Lipinski definition) is 4. The van der Waals surface area contributed by atoms with E-state index in [0.29, 0.717) is 5.70 Å². The second-order valence-corrected chi connectivity index (χ2v) is 5.11. The molecule has 0 aromatic carbocycles. The predicted octanol–water partition coefficient (Wildman–Crippen LogP) is 0.132. The van der Waals surface area contributed by atoms with Crippen molar-refractivity contribution in [2.75, 3.05) is 7.11 Å². The van der Waals surface area contributed by atoms with Gasteiger partial charge >= 0.3 is 16.2 Å². The topological polar surface area (TPSA) is 84.8 Å². The maximum Gasteiger partial charge on any atom is 0.357 e. The van der Waals surface area contributed by atoms with E-state index in [-0.39, 0.29) is 11.6 Å². The number of carbonyl (C=O) groups excluding carboxylic acids is 1. The van der Waals surface area contributed by atoms with Gasteiger partial charge in [-0.3, -0.25) is 4.72 Å². The van der Waals surface area contributed by atoms with Gasteiger partial charge in [0.25, 0.3) is 0 Å². The largest absolute Gasteiger partial charge is 0.464 e. The first-order valence-electron chi connectivity index (χ1n) is 4.94. The number of carbonyl (C=O) groups is 1. The molecule has 16 heavy (non-hydrogen) atoms. The number of allylic oxidation sites excluding steroid dienone is 1. The zero-order valence-electron chi connectivity index (χ0n) is 8.76. The number of nitrogens with one attached hydrogen (secondary N) is 1. The monoisotopic (exact) mass is 244 g/mol. The summed E-state index contributed by atoms with van der Waals surface area (Å²) in [5.74, 6) is -0.549. The molecule has 2 rings (SSSR count). The van der Waals surface area contributed by atoms with Crippen molar-refractivity contribution in [3.63, 3.8) is 0 Å². The quantitative estimate of drug-likeness (QED) is 0.700. The minimum absolute atomic E-state index is 0.164. The summed E-state index contributed by atoms with van der Waals surface area (Å²) in [5, 5.41) is 0. The van der Waals surface area contributed by atoms with Crippen LogP contribution in [0.4, 0.5) is 0 Å². The van der Waals surface area contributed by atoms with Gasteiger partial charge in [-0.15, -0.1) is 4.40 Å². The molecular weight excluding hydrogens is 232 g/mol. The molecule has 0 spiro atoms. The normalized spacial score (nSPS) is 23.6. The van der Waals surface area contributed by atoms with E-state index in [4.69, 9.17) is 0 Å². The second kappa shape index (κ2) is 3.89. The molecule has 1 N–H and O–H groups in total. The fourth-order valence-corrected chi connectivity index (χ4v) is 2.58. The molecule has 88 valence electrons. The molecule has 1 fully saturated rings. The highest BCUT2D eigenvalue weighted by Gasteiger charge is 2.30. The van der Waals surface area contributed by atoms with Gasteiger partial charge in [-0.2, -0.15) is 8.42 Å². The molecule has 0 unspecified atom stereocenters. The van der Waals surface area contributed by atoms with Crippen LogP contribution in [0.15, 0.2) is 16.2 Å². The lowest BCUT2D eigenvalue weighted by molar-refractivity contribution is -0.132. The van der Waals surface area contributed by atoms with Gasteiger partial charge < -0.3 is 4.74 Å². The molecule has 1 aliphatic carbocycles. The Hall–Kier alpha value is -1.37. The third kappa shape index (κ3) is 2.08. The van der Waals surface area contributed by atoms with Gasteiger partial charge in [0.1, 0.15) is 0 Å². The first-order valence-corrected chi connectivity index (χ1v) is 6.38. The molecule has 0 aromatic heterocycles. The van der Waals surface area contributed by atoms with Gasteiger partial charge in [0.05, 0.1) is 7.11 Å². The summed E-state index contributed by atoms with van der Waals surface area (Å²) in [5.41, 5.74) is 0.379. The van der Waals surface area contributed by atoms with E-state index in [1.807, 2.05) is 0 Å². The summed E-state index contributed by atoms with van der Waals surface area (Å²) in [6.45, 7) is 0. The van der Waals surface area contributed by atoms with E-state index in [1.165, 1.54) is 13.2 Å². The van der Waals surface area contributed by atoms with Crippen LogP contribution in [0, 0.1) is 5.92 Å². The molecule has 0 amide bonds. The van der Waals surface area contributed by atoms with Crippen LogP contribution in [0.25, 0.3) is 0 Å². The van der Waals surface area contributed by atoms with Crippen molar-refractivity contribution in [1.82, 2.24) is 4.72 Å². The van der Waals surface area contributed by atoms with Crippen LogP contribution in [0.3, 0.4) is 0 Å². The van der Waals surface area contributed by atoms with Crippen molar-refractivity contribution in [3.8, 4) is 0 Å². The molecular formula is C9H12N2O4S. The highest BCUT2D eigenvalue weighted by atomic mass is 32.2. The molecule has 0 saturated heterocycles. The zero-order valence-corrected chi connectivity index (χ0v) is 9.58. The number of ether oxygens (including phenoxy) is 1. The minimum Gasteiger partial charge on any atom is -0.464 e. The highest BCUT2D eigenvalue weighted by molar-refractivity contribution is 7.88. The third-order valence-electron chi connectivity index (χ3n) is 2.70. The molecule has 2 aliphatic rings. The number of methoxy groups -OCH3 is 1. The molecule has 0 bridgehead atoms. The van der Waals surface area contributed by atoms with Crippen LogP contribution in [-0.2, 0) is 19.7 Å². The average Bonchev–Trinajstić information content (AvgIpc) is 2.11. The van der Waals surface area contributed by atoms with Gasteiger partial charge in [-0.25, -0.2) is 4.79 Å². The van der Waals surface area contributed by atoms with E-state index < -0.39 is 16.2 Å². The van der Waals surface area contributed by atoms with Gasteiger partial charge in [0.2, 0.25) is 0 Å². The number of hydrogen-bond donors (Lipinski definition) is 1. The van der Waals surface area contributed by atoms with Crippen LogP contribution in [-0.4, -0.2) is 27.2 Å². The Balaban J connectivity index is 2.31. The Morgan fingerprint density at radius 2 is 2.25 bits per heavy atom. The van der Waals surface area contributed by atoms with Crippen molar-refractivity contribution in [2.45, 2.75) is 19.3 Å². The highest BCUT2D eigenvalue weighted by Crippen LogP contribution is 2.33. The fraction of sp³-hybridized carbons (Fsp3) is 0.556. The predicted molar refractivity (Wildman–Crippen MR) is 56.9 cm³/mol. The van der Waals surface area contributed by atoms with Crippen molar-refractivity contribution in [2.24, 2.45) is 10.3 Å². The SMILES string of the molecule is COC(=O)C1=NS(=O)(=O)NC(C2CCC2)=C1. The van der Waals surface area contributed by atoms with Crippen molar-refractivity contribution in [1.29, 1.82) is 0 Å². The molecule has 1 aliphatic heterocycles. The van der Waals surface area contributed by atoms with Crippen LogP contribution < -0.4 is 4.72 Å². The van der Waals surface area contributed by atoms with Gasteiger partial charge in [0, 0.05) is 5.70 Å². The summed E-state index contributed by atoms with van der Waals surface area (Å²) in [6, 6.07) is 0. The van der Waals surface area contributed by atoms with Crippen LogP contribution in [0.2, 0.25) is 0 Å². The lowest BCUT2D eigenvalue weighted by Crippen LogP contribution is -2.35. The van der Waals surface area contributed by atoms with Crippen LogP contribution in [0.5, 0.6) is 0 Å². The summed E-state index contributed by atoms with van der Waals surface area (Å²) >= 11 is 0. The van der Waals surface area contributed by atoms with E-state index in [0.717, 1.165) is 19.3 Å². The van der Waals surface area contributed by atoms with E-state index in [2.05, 4.69) is 13.9 Å². The maximum atomic E-state index is 11.4. The minimum atomic E-state index is -3.79. The molecule has 0 atom stereocenters. The van der Waals surface area contributed by atoms with Gasteiger partial charge in [-0.1, -0.05) is 6.42 Å².